The molecule has 0 amide bonds. The Morgan fingerprint density at radius 1 is 1.40 bits per heavy atom. The lowest BCUT2D eigenvalue weighted by atomic mass is 10.2. The van der Waals surface area contributed by atoms with E-state index in [9.17, 15) is 0 Å². The first kappa shape index (κ1) is 17.2. The van der Waals surface area contributed by atoms with E-state index in [4.69, 9.17) is 21.4 Å². The van der Waals surface area contributed by atoms with Crippen LogP contribution in [0.4, 0.5) is 5.69 Å². The molecular formula is C15H25ClN2O2. The predicted molar refractivity (Wildman–Crippen MR) is 84.6 cm³/mol. The molecular weight excluding hydrogens is 276 g/mol. The lowest BCUT2D eigenvalue weighted by molar-refractivity contribution is 0.199. The summed E-state index contributed by atoms with van der Waals surface area (Å²) in [4.78, 5) is 2.21. The van der Waals surface area contributed by atoms with Crippen LogP contribution >= 0.6 is 11.6 Å². The molecule has 2 N–H and O–H groups in total. The molecule has 0 aliphatic rings. The molecule has 0 bridgehead atoms. The molecule has 1 rings (SSSR count). The van der Waals surface area contributed by atoms with E-state index < -0.39 is 0 Å². The zero-order chi connectivity index (χ0) is 14.8. The highest BCUT2D eigenvalue weighted by atomic mass is 35.5. The van der Waals surface area contributed by atoms with Gasteiger partial charge in [0, 0.05) is 50.6 Å². The van der Waals surface area contributed by atoms with Crippen LogP contribution in [0.2, 0.25) is 5.02 Å². The van der Waals surface area contributed by atoms with Gasteiger partial charge in [0.05, 0.1) is 6.61 Å². The highest BCUT2D eigenvalue weighted by Crippen LogP contribution is 2.24. The van der Waals surface area contributed by atoms with E-state index in [1.165, 1.54) is 0 Å². The van der Waals surface area contributed by atoms with Gasteiger partial charge in [0.25, 0.3) is 0 Å². The minimum atomic E-state index is 0.214. The summed E-state index contributed by atoms with van der Waals surface area (Å²) in [5.74, 6) is 0. The number of halogens is 1. The quantitative estimate of drug-likeness (QED) is 0.651. The second-order valence-corrected chi connectivity index (χ2v) is 5.01. The van der Waals surface area contributed by atoms with Crippen molar-refractivity contribution in [1.82, 2.24) is 5.32 Å². The van der Waals surface area contributed by atoms with Crippen molar-refractivity contribution in [3.05, 3.63) is 28.8 Å². The minimum Gasteiger partial charge on any atom is -0.396 e. The van der Waals surface area contributed by atoms with Crippen LogP contribution in [-0.2, 0) is 11.3 Å². The van der Waals surface area contributed by atoms with Gasteiger partial charge >= 0.3 is 0 Å². The molecule has 1 aromatic carbocycles. The Morgan fingerprint density at radius 2 is 2.20 bits per heavy atom. The van der Waals surface area contributed by atoms with Crippen LogP contribution in [0, 0.1) is 0 Å². The maximum atomic E-state index is 8.93. The standard InChI is InChI=1S/C15H25ClN2O2/c1-3-18(8-4-9-19)14-6-5-13(15(16)11-14)12-17-7-10-20-2/h5-6,11,17,19H,3-4,7-10,12H2,1-2H3. The van der Waals surface area contributed by atoms with Crippen molar-refractivity contribution >= 4 is 17.3 Å². The van der Waals surface area contributed by atoms with Gasteiger partial charge in [-0.3, -0.25) is 0 Å². The van der Waals surface area contributed by atoms with Gasteiger partial charge in [0.15, 0.2) is 0 Å². The maximum Gasteiger partial charge on any atom is 0.0587 e. The van der Waals surface area contributed by atoms with Gasteiger partial charge in [0.1, 0.15) is 0 Å². The molecule has 114 valence electrons. The van der Waals surface area contributed by atoms with Crippen LogP contribution in [0.3, 0.4) is 0 Å². The number of aliphatic hydroxyl groups is 1. The van der Waals surface area contributed by atoms with Gasteiger partial charge in [0.2, 0.25) is 0 Å². The fourth-order valence-electron chi connectivity index (χ4n) is 2.00. The maximum absolute atomic E-state index is 8.93. The first-order valence-corrected chi connectivity index (χ1v) is 7.44. The van der Waals surface area contributed by atoms with Crippen LogP contribution in [0.5, 0.6) is 0 Å². The van der Waals surface area contributed by atoms with Gasteiger partial charge < -0.3 is 20.1 Å². The molecule has 0 saturated heterocycles. The van der Waals surface area contributed by atoms with Crippen molar-refractivity contribution in [1.29, 1.82) is 0 Å². The Labute approximate surface area is 126 Å². The number of aliphatic hydroxyl groups excluding tert-OH is 1. The third-order valence-corrected chi connectivity index (χ3v) is 3.52. The lowest BCUT2D eigenvalue weighted by Crippen LogP contribution is -2.24. The summed E-state index contributed by atoms with van der Waals surface area (Å²) in [5.41, 5.74) is 2.19. The van der Waals surface area contributed by atoms with E-state index in [-0.39, 0.29) is 6.61 Å². The normalized spacial score (nSPS) is 10.8. The van der Waals surface area contributed by atoms with E-state index in [1.54, 1.807) is 7.11 Å². The van der Waals surface area contributed by atoms with Crippen LogP contribution in [0.25, 0.3) is 0 Å². The third kappa shape index (κ3) is 5.67. The SMILES string of the molecule is CCN(CCCO)c1ccc(CNCCOC)c(Cl)c1. The number of methoxy groups -OCH3 is 1. The van der Waals surface area contributed by atoms with Crippen LogP contribution in [-0.4, -0.2) is 45.1 Å². The van der Waals surface area contributed by atoms with Crippen LogP contribution in [0.15, 0.2) is 18.2 Å². The summed E-state index contributed by atoms with van der Waals surface area (Å²) < 4.78 is 4.99. The van der Waals surface area contributed by atoms with Crippen molar-refractivity contribution in [2.24, 2.45) is 0 Å². The van der Waals surface area contributed by atoms with Crippen molar-refractivity contribution in [3.8, 4) is 0 Å². The lowest BCUT2D eigenvalue weighted by Gasteiger charge is -2.23. The smallest absolute Gasteiger partial charge is 0.0587 e. The van der Waals surface area contributed by atoms with Crippen molar-refractivity contribution in [2.75, 3.05) is 44.9 Å². The van der Waals surface area contributed by atoms with E-state index in [0.717, 1.165) is 48.9 Å². The molecule has 20 heavy (non-hydrogen) atoms. The molecule has 0 atom stereocenters. The first-order valence-electron chi connectivity index (χ1n) is 7.06. The largest absolute Gasteiger partial charge is 0.396 e. The van der Waals surface area contributed by atoms with Gasteiger partial charge in [-0.25, -0.2) is 0 Å². The molecule has 0 spiro atoms. The number of anilines is 1. The molecule has 0 fully saturated rings. The van der Waals surface area contributed by atoms with Crippen molar-refractivity contribution in [2.45, 2.75) is 19.9 Å². The van der Waals surface area contributed by atoms with Gasteiger partial charge in [-0.05, 0) is 31.0 Å². The molecule has 5 heteroatoms. The third-order valence-electron chi connectivity index (χ3n) is 3.17. The molecule has 4 nitrogen and oxygen atoms in total. The summed E-state index contributed by atoms with van der Waals surface area (Å²) in [6.45, 7) is 6.31. The highest BCUT2D eigenvalue weighted by molar-refractivity contribution is 6.31. The topological polar surface area (TPSA) is 44.7 Å². The number of hydrogen-bond donors (Lipinski definition) is 2. The molecule has 0 aliphatic carbocycles. The fraction of sp³-hybridized carbons (Fsp3) is 0.600. The van der Waals surface area contributed by atoms with E-state index >= 15 is 0 Å². The molecule has 1 aromatic rings. The molecule has 0 heterocycles. The van der Waals surface area contributed by atoms with E-state index in [2.05, 4.69) is 29.3 Å². The monoisotopic (exact) mass is 300 g/mol. The van der Waals surface area contributed by atoms with Crippen LogP contribution < -0.4 is 10.2 Å². The Bertz CT molecular complexity index is 388. The molecule has 0 saturated carbocycles. The predicted octanol–water partition coefficient (Wildman–Crippen LogP) is 2.28. The second kappa shape index (κ2) is 10.00. The summed E-state index contributed by atoms with van der Waals surface area (Å²) in [6.07, 6.45) is 0.770. The average molecular weight is 301 g/mol. The number of ether oxygens (including phenoxy) is 1. The fourth-order valence-corrected chi connectivity index (χ4v) is 2.25. The first-order chi connectivity index (χ1) is 9.72. The molecule has 0 aromatic heterocycles. The summed E-state index contributed by atoms with van der Waals surface area (Å²) >= 11 is 6.33. The summed E-state index contributed by atoms with van der Waals surface area (Å²) in [7, 11) is 1.69. The number of nitrogens with zero attached hydrogens (tertiary/aromatic N) is 1. The van der Waals surface area contributed by atoms with Crippen molar-refractivity contribution < 1.29 is 9.84 Å². The molecule has 0 aliphatic heterocycles. The zero-order valence-corrected chi connectivity index (χ0v) is 13.1. The second-order valence-electron chi connectivity index (χ2n) is 4.60. The highest BCUT2D eigenvalue weighted by Gasteiger charge is 2.07. The Balaban J connectivity index is 2.61. The van der Waals surface area contributed by atoms with Crippen molar-refractivity contribution in [3.63, 3.8) is 0 Å². The molecule has 0 radical (unpaired) electrons. The number of rotatable bonds is 10. The number of nitrogens with one attached hydrogen (secondary N) is 1. The summed E-state index contributed by atoms with van der Waals surface area (Å²) in [6, 6.07) is 6.13. The van der Waals surface area contributed by atoms with E-state index in [1.807, 2.05) is 6.07 Å². The summed E-state index contributed by atoms with van der Waals surface area (Å²) in [5, 5.41) is 13.0. The Morgan fingerprint density at radius 3 is 2.80 bits per heavy atom. The van der Waals surface area contributed by atoms with Gasteiger partial charge in [-0.1, -0.05) is 17.7 Å². The molecule has 0 unspecified atom stereocenters. The van der Waals surface area contributed by atoms with Gasteiger partial charge in [-0.2, -0.15) is 0 Å². The average Bonchev–Trinajstić information content (AvgIpc) is 2.46. The minimum absolute atomic E-state index is 0.214. The Kier molecular flexibility index (Phi) is 8.62. The van der Waals surface area contributed by atoms with E-state index in [0.29, 0.717) is 6.61 Å². The zero-order valence-electron chi connectivity index (χ0n) is 12.4. The Hall–Kier alpha value is -0.810. The van der Waals surface area contributed by atoms with Gasteiger partial charge in [-0.15, -0.1) is 0 Å². The number of benzene rings is 1. The van der Waals surface area contributed by atoms with Crippen LogP contribution in [0.1, 0.15) is 18.9 Å². The number of hydrogen-bond acceptors (Lipinski definition) is 4.